The molecule has 2 N–H and O–H groups in total. The quantitative estimate of drug-likeness (QED) is 0.289. The Hall–Kier alpha value is -3.25. The number of amides is 1. The number of methoxy groups -OCH3 is 1. The highest BCUT2D eigenvalue weighted by Gasteiger charge is 2.35. The Kier molecular flexibility index (Phi) is 7.04. The van der Waals surface area contributed by atoms with Crippen LogP contribution in [0.3, 0.4) is 0 Å². The standard InChI is InChI=1S/C25H20ClN3O5S3/c1-34-22-12-17(10-11-19(22)26)37(32,33)28-25-27-20(13-36-25)15-6-8-16(9-7-15)29-23(31)14-35-24(29)18-4-2-3-5-21(18)30/h2-13,24,30H,14H2,1H3,(H,27,28). The maximum Gasteiger partial charge on any atom is 0.263 e. The molecule has 1 fully saturated rings. The zero-order chi connectivity index (χ0) is 26.2. The molecule has 0 radical (unpaired) electrons. The summed E-state index contributed by atoms with van der Waals surface area (Å²) in [4.78, 5) is 18.8. The number of phenolic OH excluding ortho intramolecular Hbond substituents is 1. The number of para-hydroxylation sites is 1. The number of rotatable bonds is 7. The van der Waals surface area contributed by atoms with Gasteiger partial charge in [-0.05, 0) is 30.3 Å². The number of halogens is 1. The average Bonchev–Trinajstić information content (AvgIpc) is 3.50. The molecule has 1 unspecified atom stereocenters. The van der Waals surface area contributed by atoms with Gasteiger partial charge in [-0.1, -0.05) is 41.9 Å². The summed E-state index contributed by atoms with van der Waals surface area (Å²) < 4.78 is 33.2. The fourth-order valence-electron chi connectivity index (χ4n) is 3.86. The lowest BCUT2D eigenvalue weighted by Crippen LogP contribution is -2.27. The number of phenols is 1. The van der Waals surface area contributed by atoms with Crippen LogP contribution < -0.4 is 14.4 Å². The van der Waals surface area contributed by atoms with Gasteiger partial charge in [0.2, 0.25) is 5.91 Å². The van der Waals surface area contributed by atoms with Crippen LogP contribution >= 0.6 is 34.7 Å². The molecule has 1 atom stereocenters. The van der Waals surface area contributed by atoms with Crippen LogP contribution in [0.2, 0.25) is 5.02 Å². The summed E-state index contributed by atoms with van der Waals surface area (Å²) >= 11 is 8.61. The molecule has 12 heteroatoms. The highest BCUT2D eigenvalue weighted by atomic mass is 35.5. The van der Waals surface area contributed by atoms with E-state index in [1.165, 1.54) is 37.1 Å². The molecule has 1 aliphatic rings. The van der Waals surface area contributed by atoms with Gasteiger partial charge in [-0.3, -0.25) is 14.4 Å². The van der Waals surface area contributed by atoms with E-state index in [4.69, 9.17) is 16.3 Å². The molecule has 3 aromatic carbocycles. The fourth-order valence-corrected chi connectivity index (χ4v) is 7.25. The molecule has 0 bridgehead atoms. The number of carbonyl (C=O) groups excluding carboxylic acids is 1. The number of nitrogens with one attached hydrogen (secondary N) is 1. The highest BCUT2D eigenvalue weighted by Crippen LogP contribution is 2.44. The Morgan fingerprint density at radius 3 is 2.62 bits per heavy atom. The Labute approximate surface area is 226 Å². The maximum atomic E-state index is 12.8. The van der Waals surface area contributed by atoms with Crippen molar-refractivity contribution in [1.82, 2.24) is 4.98 Å². The summed E-state index contributed by atoms with van der Waals surface area (Å²) in [6.45, 7) is 0. The van der Waals surface area contributed by atoms with Crippen molar-refractivity contribution in [3.05, 3.63) is 82.7 Å². The Bertz CT molecular complexity index is 1570. The molecule has 1 saturated heterocycles. The largest absolute Gasteiger partial charge is 0.508 e. The molecule has 1 aromatic heterocycles. The Morgan fingerprint density at radius 2 is 1.89 bits per heavy atom. The monoisotopic (exact) mass is 573 g/mol. The predicted molar refractivity (Wildman–Crippen MR) is 147 cm³/mol. The molecule has 190 valence electrons. The molecular formula is C25H20ClN3O5S3. The molecule has 1 amide bonds. The minimum absolute atomic E-state index is 0.00186. The van der Waals surface area contributed by atoms with Crippen LogP contribution in [-0.2, 0) is 14.8 Å². The van der Waals surface area contributed by atoms with Gasteiger partial charge in [-0.2, -0.15) is 0 Å². The van der Waals surface area contributed by atoms with E-state index >= 15 is 0 Å². The van der Waals surface area contributed by atoms with E-state index in [1.54, 1.807) is 22.4 Å². The molecule has 0 aliphatic carbocycles. The number of aromatic nitrogens is 1. The number of thiazole rings is 1. The second kappa shape index (κ2) is 10.3. The number of nitrogens with zero attached hydrogens (tertiary/aromatic N) is 2. The Balaban J connectivity index is 1.35. The number of hydrogen-bond donors (Lipinski definition) is 2. The van der Waals surface area contributed by atoms with Crippen LogP contribution in [0.15, 0.2) is 77.0 Å². The summed E-state index contributed by atoms with van der Waals surface area (Å²) in [6, 6.07) is 18.5. The summed E-state index contributed by atoms with van der Waals surface area (Å²) in [5.74, 6) is 0.667. The lowest BCUT2D eigenvalue weighted by atomic mass is 10.1. The van der Waals surface area contributed by atoms with Gasteiger partial charge >= 0.3 is 0 Å². The van der Waals surface area contributed by atoms with Crippen LogP contribution in [-0.4, -0.2) is 37.3 Å². The molecule has 2 heterocycles. The van der Waals surface area contributed by atoms with Gasteiger partial charge in [0.25, 0.3) is 10.0 Å². The second-order valence-corrected chi connectivity index (χ2v) is 12.0. The van der Waals surface area contributed by atoms with Gasteiger partial charge in [0.15, 0.2) is 5.13 Å². The minimum atomic E-state index is -3.90. The third kappa shape index (κ3) is 5.12. The average molecular weight is 574 g/mol. The van der Waals surface area contributed by atoms with E-state index < -0.39 is 10.0 Å². The van der Waals surface area contributed by atoms with Crippen molar-refractivity contribution in [2.45, 2.75) is 10.3 Å². The highest BCUT2D eigenvalue weighted by molar-refractivity contribution is 8.00. The van der Waals surface area contributed by atoms with Crippen molar-refractivity contribution in [3.63, 3.8) is 0 Å². The second-order valence-electron chi connectivity index (χ2n) is 7.97. The summed E-state index contributed by atoms with van der Waals surface area (Å²) in [5, 5.41) is 12.2. The van der Waals surface area contributed by atoms with Gasteiger partial charge in [-0.15, -0.1) is 23.1 Å². The fraction of sp³-hybridized carbons (Fsp3) is 0.120. The lowest BCUT2D eigenvalue weighted by molar-refractivity contribution is -0.115. The third-order valence-corrected chi connectivity index (χ3v) is 9.40. The molecule has 0 saturated carbocycles. The molecule has 1 aliphatic heterocycles. The van der Waals surface area contributed by atoms with Crippen molar-refractivity contribution < 1.29 is 23.1 Å². The van der Waals surface area contributed by atoms with Crippen LogP contribution in [0.1, 0.15) is 10.9 Å². The van der Waals surface area contributed by atoms with Gasteiger partial charge in [-0.25, -0.2) is 13.4 Å². The molecular weight excluding hydrogens is 554 g/mol. The number of anilines is 2. The van der Waals surface area contributed by atoms with Gasteiger partial charge in [0.05, 0.1) is 28.5 Å². The van der Waals surface area contributed by atoms with Crippen LogP contribution in [0.5, 0.6) is 11.5 Å². The minimum Gasteiger partial charge on any atom is -0.508 e. The number of aromatic hydroxyl groups is 1. The van der Waals surface area contributed by atoms with Gasteiger partial charge in [0, 0.05) is 28.3 Å². The normalized spacial score (nSPS) is 15.7. The van der Waals surface area contributed by atoms with E-state index in [9.17, 15) is 18.3 Å². The maximum absolute atomic E-state index is 12.8. The predicted octanol–water partition coefficient (Wildman–Crippen LogP) is 5.76. The zero-order valence-electron chi connectivity index (χ0n) is 19.3. The lowest BCUT2D eigenvalue weighted by Gasteiger charge is -2.25. The van der Waals surface area contributed by atoms with Gasteiger partial charge in [0.1, 0.15) is 16.9 Å². The van der Waals surface area contributed by atoms with E-state index in [2.05, 4.69) is 9.71 Å². The molecule has 37 heavy (non-hydrogen) atoms. The SMILES string of the molecule is COc1cc(S(=O)(=O)Nc2nc(-c3ccc(N4C(=O)CSC4c4ccccc4O)cc3)cs2)ccc1Cl. The topological polar surface area (TPSA) is 109 Å². The number of ether oxygens (including phenoxy) is 1. The van der Waals surface area contributed by atoms with Crippen molar-refractivity contribution >= 4 is 61.4 Å². The van der Waals surface area contributed by atoms with Crippen LogP contribution in [0, 0.1) is 0 Å². The first-order valence-corrected chi connectivity index (χ1v) is 14.7. The number of carbonyl (C=O) groups is 1. The number of hydrogen-bond acceptors (Lipinski definition) is 8. The van der Waals surface area contributed by atoms with E-state index in [0.717, 1.165) is 16.9 Å². The molecule has 4 aromatic rings. The van der Waals surface area contributed by atoms with Crippen molar-refractivity contribution in [1.29, 1.82) is 0 Å². The van der Waals surface area contributed by atoms with Gasteiger partial charge < -0.3 is 9.84 Å². The summed E-state index contributed by atoms with van der Waals surface area (Å²) in [5.41, 5.74) is 2.72. The summed E-state index contributed by atoms with van der Waals surface area (Å²) in [7, 11) is -2.49. The Morgan fingerprint density at radius 1 is 1.14 bits per heavy atom. The molecule has 8 nitrogen and oxygen atoms in total. The number of benzene rings is 3. The van der Waals surface area contributed by atoms with Crippen LogP contribution in [0.25, 0.3) is 11.3 Å². The molecule has 5 rings (SSSR count). The number of thioether (sulfide) groups is 1. The van der Waals surface area contributed by atoms with E-state index in [1.807, 2.05) is 36.4 Å². The van der Waals surface area contributed by atoms with E-state index in [-0.39, 0.29) is 32.8 Å². The van der Waals surface area contributed by atoms with Crippen molar-refractivity contribution in [2.75, 3.05) is 22.5 Å². The van der Waals surface area contributed by atoms with E-state index in [0.29, 0.717) is 27.7 Å². The van der Waals surface area contributed by atoms with Crippen molar-refractivity contribution in [2.24, 2.45) is 0 Å². The smallest absolute Gasteiger partial charge is 0.263 e. The number of sulfonamides is 1. The van der Waals surface area contributed by atoms with Crippen molar-refractivity contribution in [3.8, 4) is 22.8 Å². The third-order valence-electron chi connectivity index (χ3n) is 5.67. The van der Waals surface area contributed by atoms with Crippen LogP contribution in [0.4, 0.5) is 10.8 Å². The molecule has 0 spiro atoms. The first-order chi connectivity index (χ1) is 17.8. The first kappa shape index (κ1) is 25.4. The summed E-state index contributed by atoms with van der Waals surface area (Å²) in [6.07, 6.45) is 0. The zero-order valence-corrected chi connectivity index (χ0v) is 22.5. The first-order valence-electron chi connectivity index (χ1n) is 10.9.